The molecule has 0 bridgehead atoms. The normalized spacial score (nSPS) is 11.5. The van der Waals surface area contributed by atoms with Crippen molar-refractivity contribution in [2.24, 2.45) is 4.99 Å². The highest BCUT2D eigenvalue weighted by Gasteiger charge is 2.06. The third-order valence-electron chi connectivity index (χ3n) is 4.02. The van der Waals surface area contributed by atoms with E-state index in [0.29, 0.717) is 19.8 Å². The molecule has 7 heteroatoms. The molecule has 2 rings (SSSR count). The van der Waals surface area contributed by atoms with Crippen molar-refractivity contribution in [3.8, 4) is 5.75 Å². The molecule has 1 aromatic heterocycles. The van der Waals surface area contributed by atoms with Gasteiger partial charge in [-0.3, -0.25) is 0 Å². The van der Waals surface area contributed by atoms with Crippen LogP contribution in [0.2, 0.25) is 0 Å². The summed E-state index contributed by atoms with van der Waals surface area (Å²) in [5.41, 5.74) is 2.22. The molecule has 0 atom stereocenters. The molecule has 0 fully saturated rings. The molecule has 0 aliphatic rings. The fourth-order valence-corrected chi connectivity index (χ4v) is 2.84. The molecule has 0 spiro atoms. The quantitative estimate of drug-likeness (QED) is 0.321. The number of rotatable bonds is 12. The largest absolute Gasteiger partial charge is 0.491 e. The summed E-state index contributed by atoms with van der Waals surface area (Å²) in [5.74, 6) is 3.64. The first-order chi connectivity index (χ1) is 13.7. The van der Waals surface area contributed by atoms with E-state index >= 15 is 0 Å². The molecular weight excluding hydrogens is 374 g/mol. The van der Waals surface area contributed by atoms with E-state index in [1.807, 2.05) is 18.2 Å². The predicted molar refractivity (Wildman–Crippen MR) is 116 cm³/mol. The van der Waals surface area contributed by atoms with E-state index in [2.05, 4.69) is 35.9 Å². The highest BCUT2D eigenvalue weighted by Crippen LogP contribution is 2.21. The van der Waals surface area contributed by atoms with Gasteiger partial charge in [-0.25, -0.2) is 4.99 Å². The molecular formula is C21H31N3O3S. The molecule has 2 N–H and O–H groups in total. The topological polar surface area (TPSA) is 68.0 Å². The molecule has 154 valence electrons. The molecule has 0 aliphatic carbocycles. The number of furan rings is 1. The Hall–Kier alpha value is -2.12. The van der Waals surface area contributed by atoms with Crippen LogP contribution in [0.3, 0.4) is 0 Å². The molecule has 1 aromatic carbocycles. The number of nitrogens with one attached hydrogen (secondary N) is 2. The van der Waals surface area contributed by atoms with Gasteiger partial charge in [-0.2, -0.15) is 11.8 Å². The van der Waals surface area contributed by atoms with E-state index in [0.717, 1.165) is 53.9 Å². The average molecular weight is 406 g/mol. The average Bonchev–Trinajstić information content (AvgIpc) is 3.20. The van der Waals surface area contributed by atoms with Crippen LogP contribution in [-0.2, 0) is 17.7 Å². The van der Waals surface area contributed by atoms with Crippen LogP contribution in [0, 0.1) is 6.92 Å². The number of aliphatic imine (C=N–C) groups is 1. The second-order valence-electron chi connectivity index (χ2n) is 6.29. The van der Waals surface area contributed by atoms with Gasteiger partial charge in [0.2, 0.25) is 0 Å². The maximum Gasteiger partial charge on any atom is 0.191 e. The van der Waals surface area contributed by atoms with Crippen molar-refractivity contribution in [2.45, 2.75) is 19.9 Å². The van der Waals surface area contributed by atoms with Crippen molar-refractivity contribution in [1.29, 1.82) is 0 Å². The second kappa shape index (κ2) is 13.1. The molecule has 0 amide bonds. The monoisotopic (exact) mass is 405 g/mol. The third-order valence-corrected chi connectivity index (χ3v) is 4.63. The first kappa shape index (κ1) is 22.2. The number of nitrogens with zero attached hydrogens (tertiary/aromatic N) is 1. The number of benzene rings is 1. The maximum atomic E-state index is 5.87. The van der Waals surface area contributed by atoms with E-state index in [-0.39, 0.29) is 0 Å². The lowest BCUT2D eigenvalue weighted by Crippen LogP contribution is -2.39. The first-order valence-electron chi connectivity index (χ1n) is 9.47. The fourth-order valence-electron chi connectivity index (χ4n) is 2.53. The van der Waals surface area contributed by atoms with Gasteiger partial charge in [0.25, 0.3) is 0 Å². The lowest BCUT2D eigenvalue weighted by Gasteiger charge is -2.14. The summed E-state index contributed by atoms with van der Waals surface area (Å²) in [4.78, 5) is 4.75. The van der Waals surface area contributed by atoms with E-state index < -0.39 is 0 Å². The van der Waals surface area contributed by atoms with Crippen LogP contribution in [0.1, 0.15) is 16.9 Å². The van der Waals surface area contributed by atoms with Gasteiger partial charge >= 0.3 is 0 Å². The molecule has 0 unspecified atom stereocenters. The number of methoxy groups -OCH3 is 1. The number of aryl methyl sites for hydroxylation is 1. The van der Waals surface area contributed by atoms with E-state index in [9.17, 15) is 0 Å². The summed E-state index contributed by atoms with van der Waals surface area (Å²) in [6.45, 7) is 5.30. The summed E-state index contributed by atoms with van der Waals surface area (Å²) >= 11 is 1.80. The summed E-state index contributed by atoms with van der Waals surface area (Å²) in [5, 5.41) is 6.76. The number of guanidine groups is 1. The summed E-state index contributed by atoms with van der Waals surface area (Å²) in [7, 11) is 1.67. The smallest absolute Gasteiger partial charge is 0.191 e. The van der Waals surface area contributed by atoms with Crippen molar-refractivity contribution in [2.75, 3.05) is 45.4 Å². The van der Waals surface area contributed by atoms with Crippen molar-refractivity contribution < 1.29 is 13.9 Å². The number of hydrogen-bond donors (Lipinski definition) is 2. The maximum absolute atomic E-state index is 5.87. The number of hydrogen-bond acceptors (Lipinski definition) is 5. The molecule has 1 heterocycles. The highest BCUT2D eigenvalue weighted by molar-refractivity contribution is 7.98. The van der Waals surface area contributed by atoms with Crippen LogP contribution >= 0.6 is 11.8 Å². The molecule has 28 heavy (non-hydrogen) atoms. The lowest BCUT2D eigenvalue weighted by molar-refractivity contribution is 0.145. The van der Waals surface area contributed by atoms with Crippen molar-refractivity contribution in [3.63, 3.8) is 0 Å². The minimum atomic E-state index is 0.525. The zero-order chi connectivity index (χ0) is 20.0. The minimum absolute atomic E-state index is 0.525. The Morgan fingerprint density at radius 1 is 1.18 bits per heavy atom. The zero-order valence-corrected chi connectivity index (χ0v) is 17.8. The van der Waals surface area contributed by atoms with Crippen LogP contribution in [0.4, 0.5) is 0 Å². The van der Waals surface area contributed by atoms with Gasteiger partial charge in [0.15, 0.2) is 5.96 Å². The first-order valence-corrected chi connectivity index (χ1v) is 10.9. The Morgan fingerprint density at radius 3 is 2.79 bits per heavy atom. The Balaban J connectivity index is 1.98. The summed E-state index contributed by atoms with van der Waals surface area (Å²) < 4.78 is 16.3. The van der Waals surface area contributed by atoms with Gasteiger partial charge < -0.3 is 24.5 Å². The van der Waals surface area contributed by atoms with Crippen molar-refractivity contribution >= 4 is 17.7 Å². The van der Waals surface area contributed by atoms with Gasteiger partial charge in [-0.1, -0.05) is 12.1 Å². The summed E-state index contributed by atoms with van der Waals surface area (Å²) in [6, 6.07) is 10.1. The van der Waals surface area contributed by atoms with Crippen molar-refractivity contribution in [1.82, 2.24) is 10.6 Å². The molecule has 0 radical (unpaired) electrons. The van der Waals surface area contributed by atoms with Crippen LogP contribution in [0.5, 0.6) is 5.75 Å². The standard InChI is InChI=1S/C21H31N3O3S/c1-17-6-7-18(20(15-17)27-13-12-25-2)16-24-21(23-10-14-28-3)22-9-8-19-5-4-11-26-19/h4-7,11,15H,8-10,12-14,16H2,1-3H3,(H2,22,23,24). The lowest BCUT2D eigenvalue weighted by atomic mass is 10.1. The fraction of sp³-hybridized carbons (Fsp3) is 0.476. The van der Waals surface area contributed by atoms with Gasteiger partial charge in [-0.15, -0.1) is 0 Å². The van der Waals surface area contributed by atoms with Crippen LogP contribution < -0.4 is 15.4 Å². The van der Waals surface area contributed by atoms with Gasteiger partial charge in [-0.05, 0) is 36.9 Å². The van der Waals surface area contributed by atoms with Crippen LogP contribution in [-0.4, -0.2) is 51.4 Å². The predicted octanol–water partition coefficient (Wildman–Crippen LogP) is 3.25. The highest BCUT2D eigenvalue weighted by atomic mass is 32.2. The Morgan fingerprint density at radius 2 is 2.04 bits per heavy atom. The van der Waals surface area contributed by atoms with Crippen LogP contribution in [0.25, 0.3) is 0 Å². The molecule has 0 aliphatic heterocycles. The van der Waals surface area contributed by atoms with Crippen molar-refractivity contribution in [3.05, 3.63) is 53.5 Å². The molecule has 6 nitrogen and oxygen atoms in total. The molecule has 2 aromatic rings. The van der Waals surface area contributed by atoms with E-state index in [1.54, 1.807) is 25.1 Å². The van der Waals surface area contributed by atoms with Gasteiger partial charge in [0, 0.05) is 37.9 Å². The Kier molecular flexibility index (Phi) is 10.4. The van der Waals surface area contributed by atoms with Gasteiger partial charge in [0.05, 0.1) is 19.4 Å². The number of ether oxygens (including phenoxy) is 2. The Labute approximate surface area is 172 Å². The van der Waals surface area contributed by atoms with Crippen LogP contribution in [0.15, 0.2) is 46.0 Å². The zero-order valence-electron chi connectivity index (χ0n) is 17.0. The minimum Gasteiger partial charge on any atom is -0.491 e. The van der Waals surface area contributed by atoms with E-state index in [4.69, 9.17) is 18.9 Å². The molecule has 0 saturated carbocycles. The van der Waals surface area contributed by atoms with Gasteiger partial charge in [0.1, 0.15) is 18.1 Å². The third kappa shape index (κ3) is 8.27. The SMILES string of the molecule is COCCOc1cc(C)ccc1CN=C(NCCSC)NCCc1ccco1. The van der Waals surface area contributed by atoms with E-state index in [1.165, 1.54) is 0 Å². The Bertz CT molecular complexity index is 705. The number of thioether (sulfide) groups is 1. The second-order valence-corrected chi connectivity index (χ2v) is 7.28. The summed E-state index contributed by atoms with van der Waals surface area (Å²) in [6.07, 6.45) is 4.61. The molecule has 0 saturated heterocycles.